The molecule has 4 rings (SSSR count). The van der Waals surface area contributed by atoms with E-state index in [4.69, 9.17) is 9.57 Å². The van der Waals surface area contributed by atoms with Crippen LogP contribution in [0.5, 0.6) is 0 Å². The van der Waals surface area contributed by atoms with Crippen molar-refractivity contribution in [3.8, 4) is 0 Å². The molecular weight excluding hydrogens is 486 g/mol. The van der Waals surface area contributed by atoms with E-state index < -0.39 is 12.2 Å². The molecule has 2 amide bonds. The van der Waals surface area contributed by atoms with E-state index >= 15 is 0 Å². The lowest BCUT2D eigenvalue weighted by molar-refractivity contribution is -0.130. The molecule has 170 valence electrons. The fourth-order valence-corrected chi connectivity index (χ4v) is 4.06. The van der Waals surface area contributed by atoms with E-state index in [0.29, 0.717) is 17.6 Å². The van der Waals surface area contributed by atoms with Crippen LogP contribution in [-0.4, -0.2) is 40.7 Å². The monoisotopic (exact) mass is 509 g/mol. The fraction of sp³-hybridized carbons (Fsp3) is 0.240. The molecule has 1 heterocycles. The molecule has 1 N–H and O–H groups in total. The summed E-state index contributed by atoms with van der Waals surface area (Å²) in [4.78, 5) is 32.2. The maximum Gasteiger partial charge on any atom is 0.417 e. The molecule has 0 saturated carbocycles. The molecule has 33 heavy (non-hydrogen) atoms. The maximum absolute atomic E-state index is 13.0. The van der Waals surface area contributed by atoms with Gasteiger partial charge in [0.1, 0.15) is 11.2 Å². The second-order valence-electron chi connectivity index (χ2n) is 7.69. The second kappa shape index (κ2) is 11.1. The van der Waals surface area contributed by atoms with E-state index in [-0.39, 0.29) is 25.6 Å². The molecule has 1 aliphatic heterocycles. The highest BCUT2D eigenvalue weighted by molar-refractivity contribution is 9.18. The summed E-state index contributed by atoms with van der Waals surface area (Å²) < 4.78 is 6.05. The van der Waals surface area contributed by atoms with Crippen LogP contribution >= 0.6 is 15.9 Å². The number of nitrogens with zero attached hydrogens (tertiary/aromatic N) is 2. The number of nitrogens with one attached hydrogen (secondary N) is 1. The molecule has 1 atom stereocenters. The van der Waals surface area contributed by atoms with Crippen molar-refractivity contribution >= 4 is 43.3 Å². The van der Waals surface area contributed by atoms with Crippen LogP contribution in [-0.2, 0) is 27.5 Å². The van der Waals surface area contributed by atoms with Crippen molar-refractivity contribution in [1.29, 1.82) is 0 Å². The minimum atomic E-state index is -0.706. The zero-order chi connectivity index (χ0) is 23.0. The summed E-state index contributed by atoms with van der Waals surface area (Å²) in [7, 11) is 0. The first-order chi connectivity index (χ1) is 16.1. The zero-order valence-electron chi connectivity index (χ0n) is 17.9. The van der Waals surface area contributed by atoms with Gasteiger partial charge in [-0.2, -0.15) is 0 Å². The first-order valence-corrected chi connectivity index (χ1v) is 11.5. The third-order valence-electron chi connectivity index (χ3n) is 5.28. The number of hydrogen-bond acceptors (Lipinski definition) is 6. The van der Waals surface area contributed by atoms with Crippen LogP contribution in [0.1, 0.15) is 17.5 Å². The van der Waals surface area contributed by atoms with Gasteiger partial charge in [-0.15, -0.1) is 0 Å². The third kappa shape index (κ3) is 6.18. The Morgan fingerprint density at radius 3 is 2.61 bits per heavy atom. The van der Waals surface area contributed by atoms with Crippen LogP contribution in [0.4, 0.5) is 4.79 Å². The maximum atomic E-state index is 13.0. The molecule has 3 aromatic carbocycles. The number of oxime groups is 1. The predicted molar refractivity (Wildman–Crippen MR) is 130 cm³/mol. The quantitative estimate of drug-likeness (QED) is 0.480. The largest absolute Gasteiger partial charge is 0.444 e. The number of carbonyl (C=O) groups excluding carboxylic acids is 2. The minimum absolute atomic E-state index is 0.0155. The van der Waals surface area contributed by atoms with Crippen molar-refractivity contribution in [2.75, 3.05) is 13.1 Å². The summed E-state index contributed by atoms with van der Waals surface area (Å²) in [6.45, 7) is 0.618. The molecule has 1 aliphatic rings. The fourth-order valence-electron chi connectivity index (χ4n) is 3.62. The highest BCUT2D eigenvalue weighted by Gasteiger charge is 2.30. The van der Waals surface area contributed by atoms with Crippen molar-refractivity contribution in [3.05, 3.63) is 83.9 Å². The molecule has 0 aromatic heterocycles. The Kier molecular flexibility index (Phi) is 7.70. The number of halogens is 1. The topological polar surface area (TPSA) is 80.2 Å². The summed E-state index contributed by atoms with van der Waals surface area (Å²) >= 11 is 3.28. The van der Waals surface area contributed by atoms with Gasteiger partial charge in [-0.3, -0.25) is 4.79 Å². The molecule has 0 bridgehead atoms. The number of imide groups is 1. The van der Waals surface area contributed by atoms with E-state index in [1.807, 2.05) is 54.6 Å². The van der Waals surface area contributed by atoms with Crippen molar-refractivity contribution in [2.24, 2.45) is 5.16 Å². The number of rotatable bonds is 8. The lowest BCUT2D eigenvalue weighted by atomic mass is 10.0. The Bertz CT molecular complexity index is 1150. The summed E-state index contributed by atoms with van der Waals surface area (Å²) in [5.41, 5.74) is 1.92. The Morgan fingerprint density at radius 1 is 1.06 bits per heavy atom. The Balaban J connectivity index is 1.38. The van der Waals surface area contributed by atoms with E-state index in [9.17, 15) is 9.59 Å². The molecule has 0 spiro atoms. The summed E-state index contributed by atoms with van der Waals surface area (Å²) in [6, 6.07) is 23.5. The first kappa shape index (κ1) is 22.9. The highest BCUT2D eigenvalue weighted by atomic mass is 79.9. The van der Waals surface area contributed by atoms with E-state index in [1.54, 1.807) is 0 Å². The number of hydrogen-bond donors (Lipinski definition) is 1. The van der Waals surface area contributed by atoms with Crippen LogP contribution in [0.25, 0.3) is 10.8 Å². The Labute approximate surface area is 200 Å². The van der Waals surface area contributed by atoms with Crippen molar-refractivity contribution < 1.29 is 19.2 Å². The van der Waals surface area contributed by atoms with E-state index in [0.717, 1.165) is 26.8 Å². The van der Waals surface area contributed by atoms with Crippen molar-refractivity contribution in [1.82, 2.24) is 10.2 Å². The normalized spacial score (nSPS) is 15.1. The molecule has 0 radical (unpaired) electrons. The van der Waals surface area contributed by atoms with Crippen LogP contribution in [0.2, 0.25) is 0 Å². The van der Waals surface area contributed by atoms with Gasteiger partial charge in [0.25, 0.3) is 0 Å². The van der Waals surface area contributed by atoms with Gasteiger partial charge in [-0.05, 0) is 37.8 Å². The molecule has 0 fully saturated rings. The Hall–Kier alpha value is -3.23. The minimum Gasteiger partial charge on any atom is -0.444 e. The third-order valence-corrected chi connectivity index (χ3v) is 5.75. The van der Waals surface area contributed by atoms with Gasteiger partial charge >= 0.3 is 6.09 Å². The van der Waals surface area contributed by atoms with E-state index in [2.05, 4.69) is 44.6 Å². The van der Waals surface area contributed by atoms with Gasteiger partial charge in [0.05, 0.1) is 13.1 Å². The smallest absolute Gasteiger partial charge is 0.417 e. The van der Waals surface area contributed by atoms with Gasteiger partial charge < -0.3 is 14.9 Å². The zero-order valence-corrected chi connectivity index (χ0v) is 19.5. The molecular formula is C25H24BrN3O4. The van der Waals surface area contributed by atoms with Gasteiger partial charge in [-0.25, -0.2) is 9.69 Å². The van der Waals surface area contributed by atoms with Gasteiger partial charge in [0, 0.05) is 13.0 Å². The SMILES string of the molecule is O=C(CNCc1cccc2ccccc12)N(CC1CC(Br)=NO1)C(=O)OCc1ccccc1. The number of benzene rings is 3. The van der Waals surface area contributed by atoms with Crippen LogP contribution < -0.4 is 5.32 Å². The predicted octanol–water partition coefficient (Wildman–Crippen LogP) is 4.59. The number of fused-ring (bicyclic) bond motifs is 1. The van der Waals surface area contributed by atoms with Gasteiger partial charge in [0.2, 0.25) is 5.91 Å². The number of amides is 2. The lowest BCUT2D eigenvalue weighted by Gasteiger charge is -2.23. The van der Waals surface area contributed by atoms with Gasteiger partial charge in [-0.1, -0.05) is 78.0 Å². The molecule has 3 aromatic rings. The number of carbonyl (C=O) groups is 2. The molecule has 0 saturated heterocycles. The molecule has 8 heteroatoms. The highest BCUT2D eigenvalue weighted by Crippen LogP contribution is 2.19. The second-order valence-corrected chi connectivity index (χ2v) is 8.60. The summed E-state index contributed by atoms with van der Waals surface area (Å²) in [5.74, 6) is -0.389. The summed E-state index contributed by atoms with van der Waals surface area (Å²) in [5, 5.41) is 9.26. The van der Waals surface area contributed by atoms with E-state index in [1.165, 1.54) is 0 Å². The van der Waals surface area contributed by atoms with Crippen LogP contribution in [0.3, 0.4) is 0 Å². The number of ether oxygens (including phenoxy) is 1. The molecule has 0 aliphatic carbocycles. The summed E-state index contributed by atoms with van der Waals surface area (Å²) in [6.07, 6.45) is -0.632. The average molecular weight is 510 g/mol. The standard InChI is InChI=1S/C25H24BrN3O4/c26-23-13-21(33-28-23)16-29(25(31)32-17-18-7-2-1-3-8-18)24(30)15-27-14-20-11-6-10-19-9-4-5-12-22(19)20/h1-12,21,27H,13-17H2. The van der Waals surface area contributed by atoms with Gasteiger partial charge in [0.15, 0.2) is 6.10 Å². The lowest BCUT2D eigenvalue weighted by Crippen LogP contribution is -2.46. The van der Waals surface area contributed by atoms with Crippen LogP contribution in [0, 0.1) is 0 Å². The van der Waals surface area contributed by atoms with Crippen molar-refractivity contribution in [3.63, 3.8) is 0 Å². The molecule has 7 nitrogen and oxygen atoms in total. The first-order valence-electron chi connectivity index (χ1n) is 10.7. The Morgan fingerprint density at radius 2 is 1.82 bits per heavy atom. The molecule has 1 unspecified atom stereocenters. The average Bonchev–Trinajstić information content (AvgIpc) is 3.26. The van der Waals surface area contributed by atoms with Crippen LogP contribution in [0.15, 0.2) is 78.0 Å². The van der Waals surface area contributed by atoms with Crippen molar-refractivity contribution in [2.45, 2.75) is 25.7 Å².